The summed E-state index contributed by atoms with van der Waals surface area (Å²) >= 11 is 3.84. The molecule has 76 valence electrons. The van der Waals surface area contributed by atoms with E-state index in [1.54, 1.807) is 28.5 Å². The first kappa shape index (κ1) is 13.2. The van der Waals surface area contributed by atoms with Gasteiger partial charge in [-0.1, -0.05) is 21.6 Å². The minimum Gasteiger partial charge on any atom is -0.392 e. The van der Waals surface area contributed by atoms with Crippen molar-refractivity contribution in [1.29, 1.82) is 0 Å². The van der Waals surface area contributed by atoms with Gasteiger partial charge in [0.25, 0.3) is 0 Å². The Kier molecular flexibility index (Phi) is 7.69. The molecule has 0 rings (SSSR count). The molecule has 0 heterocycles. The minimum absolute atomic E-state index is 0.262. The van der Waals surface area contributed by atoms with Crippen molar-refractivity contribution in [3.63, 3.8) is 0 Å². The van der Waals surface area contributed by atoms with E-state index in [0.717, 1.165) is 0 Å². The third kappa shape index (κ3) is 7.28. The molecule has 0 fully saturated rings. The van der Waals surface area contributed by atoms with Crippen molar-refractivity contribution in [3.05, 3.63) is 0 Å². The first-order valence-corrected chi connectivity index (χ1v) is 6.90. The van der Waals surface area contributed by atoms with Gasteiger partial charge >= 0.3 is 11.9 Å². The van der Waals surface area contributed by atoms with Crippen LogP contribution in [0.4, 0.5) is 0 Å². The normalized spacial score (nSPS) is 12.2. The third-order valence-corrected chi connectivity index (χ3v) is 3.09. The number of ether oxygens (including phenoxy) is 1. The lowest BCUT2D eigenvalue weighted by molar-refractivity contribution is -0.158. The second-order valence-electron chi connectivity index (χ2n) is 2.21. The Bertz CT molecular complexity index is 182. The van der Waals surface area contributed by atoms with Crippen LogP contribution in [0.1, 0.15) is 13.3 Å². The third-order valence-electron chi connectivity index (χ3n) is 1.06. The molecular weight excluding hydrogens is 228 g/mol. The van der Waals surface area contributed by atoms with Crippen LogP contribution in [0, 0.1) is 0 Å². The Morgan fingerprint density at radius 3 is 2.62 bits per heavy atom. The number of hydrogen-bond acceptors (Lipinski definition) is 6. The van der Waals surface area contributed by atoms with Gasteiger partial charge in [-0.15, -0.1) is 0 Å². The molecule has 0 aromatic heterocycles. The Morgan fingerprint density at radius 1 is 1.54 bits per heavy atom. The van der Waals surface area contributed by atoms with Gasteiger partial charge in [-0.05, 0) is 13.2 Å². The predicted octanol–water partition coefficient (Wildman–Crippen LogP) is 1.78. The smallest absolute Gasteiger partial charge is 0.326 e. The molecule has 0 radical (unpaired) electrons. The molecule has 0 N–H and O–H groups in total. The maximum atomic E-state index is 10.9. The number of esters is 2. The van der Waals surface area contributed by atoms with E-state index in [0.29, 0.717) is 5.75 Å². The predicted molar refractivity (Wildman–Crippen MR) is 60.1 cm³/mol. The zero-order valence-corrected chi connectivity index (χ0v) is 10.0. The van der Waals surface area contributed by atoms with Crippen molar-refractivity contribution < 1.29 is 14.3 Å². The molecule has 0 bridgehead atoms. The minimum atomic E-state index is -0.581. The molecule has 6 heteroatoms. The number of rotatable bonds is 5. The van der Waals surface area contributed by atoms with Gasteiger partial charge in [0.1, 0.15) is 0 Å². The molecule has 0 saturated heterocycles. The highest BCUT2D eigenvalue weighted by Crippen LogP contribution is 2.17. The molecule has 0 spiro atoms. The molecule has 0 aliphatic heterocycles. The van der Waals surface area contributed by atoms with E-state index in [9.17, 15) is 9.59 Å². The van der Waals surface area contributed by atoms with Gasteiger partial charge in [0.05, 0.1) is 11.7 Å². The van der Waals surface area contributed by atoms with Gasteiger partial charge in [0.15, 0.2) is 0 Å². The molecule has 1 atom stereocenters. The van der Waals surface area contributed by atoms with Crippen molar-refractivity contribution in [1.82, 2.24) is 0 Å². The lowest BCUT2D eigenvalue weighted by Crippen LogP contribution is -2.19. The van der Waals surface area contributed by atoms with Crippen molar-refractivity contribution in [2.75, 3.05) is 12.0 Å². The summed E-state index contributed by atoms with van der Waals surface area (Å²) in [4.78, 5) is 21.8. The Balaban J connectivity index is 3.56. The van der Waals surface area contributed by atoms with E-state index >= 15 is 0 Å². The summed E-state index contributed by atoms with van der Waals surface area (Å²) in [6.07, 6.45) is 2.19. The molecule has 0 aromatic rings. The van der Waals surface area contributed by atoms with Gasteiger partial charge in [-0.2, -0.15) is 12.6 Å². The van der Waals surface area contributed by atoms with E-state index in [1.165, 1.54) is 0 Å². The highest BCUT2D eigenvalue weighted by Gasteiger charge is 2.14. The Labute approximate surface area is 91.2 Å². The molecule has 0 aliphatic carbocycles. The summed E-state index contributed by atoms with van der Waals surface area (Å²) in [6, 6.07) is 0. The van der Waals surface area contributed by atoms with Crippen LogP contribution in [0.2, 0.25) is 0 Å². The first-order valence-electron chi connectivity index (χ1n) is 3.66. The van der Waals surface area contributed by atoms with Gasteiger partial charge in [-0.3, -0.25) is 9.59 Å². The van der Waals surface area contributed by atoms with Crippen molar-refractivity contribution in [2.45, 2.75) is 18.6 Å². The standard InChI is InChI=1S/C7H12O3S3/c1-5(11)7(9)10-6(8)3-4-13-12-2/h5,11H,3-4H2,1-2H3. The molecule has 1 unspecified atom stereocenters. The molecule has 0 aliphatic rings. The van der Waals surface area contributed by atoms with E-state index < -0.39 is 17.2 Å². The van der Waals surface area contributed by atoms with Crippen molar-refractivity contribution in [3.8, 4) is 0 Å². The zero-order chi connectivity index (χ0) is 10.3. The highest BCUT2D eigenvalue weighted by atomic mass is 33.1. The maximum absolute atomic E-state index is 10.9. The fourth-order valence-corrected chi connectivity index (χ4v) is 1.68. The summed E-state index contributed by atoms with van der Waals surface area (Å²) in [5.74, 6) is -0.399. The largest absolute Gasteiger partial charge is 0.392 e. The quantitative estimate of drug-likeness (QED) is 0.261. The summed E-state index contributed by atoms with van der Waals surface area (Å²) < 4.78 is 4.48. The monoisotopic (exact) mass is 240 g/mol. The molecule has 0 aromatic carbocycles. The van der Waals surface area contributed by atoms with Crippen LogP contribution in [0.3, 0.4) is 0 Å². The summed E-state index contributed by atoms with van der Waals surface area (Å²) in [6.45, 7) is 1.56. The second-order valence-corrected chi connectivity index (χ2v) is 5.67. The summed E-state index contributed by atoms with van der Waals surface area (Å²) in [5, 5.41) is -0.544. The molecular formula is C7H12O3S3. The lowest BCUT2D eigenvalue weighted by atomic mass is 10.4. The molecule has 0 amide bonds. The lowest BCUT2D eigenvalue weighted by Gasteiger charge is -2.03. The van der Waals surface area contributed by atoms with Crippen LogP contribution in [0.15, 0.2) is 0 Å². The van der Waals surface area contributed by atoms with Gasteiger partial charge in [-0.25, -0.2) is 0 Å². The fraction of sp³-hybridized carbons (Fsp3) is 0.714. The average Bonchev–Trinajstić information content (AvgIpc) is 2.04. The van der Waals surface area contributed by atoms with E-state index in [1.807, 2.05) is 6.26 Å². The van der Waals surface area contributed by atoms with Crippen molar-refractivity contribution >= 4 is 46.2 Å². The fourth-order valence-electron chi connectivity index (χ4n) is 0.457. The number of thiol groups is 1. The van der Waals surface area contributed by atoms with Gasteiger partial charge < -0.3 is 4.74 Å². The summed E-state index contributed by atoms with van der Waals surface area (Å²) in [5.41, 5.74) is 0. The number of carbonyl (C=O) groups excluding carboxylic acids is 2. The number of hydrogen-bond donors (Lipinski definition) is 1. The van der Waals surface area contributed by atoms with Crippen LogP contribution in [0.25, 0.3) is 0 Å². The maximum Gasteiger partial charge on any atom is 0.326 e. The van der Waals surface area contributed by atoms with Crippen LogP contribution in [-0.2, 0) is 14.3 Å². The van der Waals surface area contributed by atoms with Gasteiger partial charge in [0, 0.05) is 5.75 Å². The zero-order valence-electron chi connectivity index (χ0n) is 7.48. The molecule has 0 saturated carbocycles. The van der Waals surface area contributed by atoms with Crippen LogP contribution in [0.5, 0.6) is 0 Å². The van der Waals surface area contributed by atoms with E-state index in [2.05, 4.69) is 17.4 Å². The first-order chi connectivity index (χ1) is 6.07. The second kappa shape index (κ2) is 7.58. The number of carbonyl (C=O) groups is 2. The summed E-state index contributed by atoms with van der Waals surface area (Å²) in [7, 11) is 3.14. The SMILES string of the molecule is CSSCCC(=O)OC(=O)C(C)S. The van der Waals surface area contributed by atoms with E-state index in [4.69, 9.17) is 0 Å². The van der Waals surface area contributed by atoms with E-state index in [-0.39, 0.29) is 6.42 Å². The molecule has 13 heavy (non-hydrogen) atoms. The van der Waals surface area contributed by atoms with Crippen LogP contribution >= 0.6 is 34.2 Å². The highest BCUT2D eigenvalue weighted by molar-refractivity contribution is 8.76. The van der Waals surface area contributed by atoms with Crippen LogP contribution in [-0.4, -0.2) is 29.2 Å². The molecule has 3 nitrogen and oxygen atoms in total. The van der Waals surface area contributed by atoms with Crippen molar-refractivity contribution in [2.24, 2.45) is 0 Å². The van der Waals surface area contributed by atoms with Gasteiger partial charge in [0.2, 0.25) is 0 Å². The average molecular weight is 240 g/mol. The van der Waals surface area contributed by atoms with Crippen LogP contribution < -0.4 is 0 Å². The Morgan fingerprint density at radius 2 is 2.15 bits per heavy atom. The Hall–Kier alpha value is 0.190. The topological polar surface area (TPSA) is 43.4 Å².